The Hall–Kier alpha value is -4.43. The van der Waals surface area contributed by atoms with Gasteiger partial charge in [-0.25, -0.2) is 4.98 Å². The number of aliphatic hydroxyl groups excluding tert-OH is 2. The van der Waals surface area contributed by atoms with Crippen molar-refractivity contribution in [2.24, 2.45) is 0 Å². The molecule has 0 bridgehead atoms. The summed E-state index contributed by atoms with van der Waals surface area (Å²) < 4.78 is 21.7. The molecule has 3 aromatic carbocycles. The molecule has 1 unspecified atom stereocenters. The predicted molar refractivity (Wildman–Crippen MR) is 192 cm³/mol. The highest BCUT2D eigenvalue weighted by atomic mass is 35.5. The molecule has 0 radical (unpaired) electrons. The normalized spacial score (nSPS) is 14.7. The van der Waals surface area contributed by atoms with Gasteiger partial charge < -0.3 is 49.5 Å². The summed E-state index contributed by atoms with van der Waals surface area (Å²) in [6, 6.07) is 17.9. The van der Waals surface area contributed by atoms with Crippen LogP contribution in [0.1, 0.15) is 39.3 Å². The van der Waals surface area contributed by atoms with Gasteiger partial charge in [0.2, 0.25) is 0 Å². The van der Waals surface area contributed by atoms with E-state index in [0.717, 1.165) is 33.0 Å². The van der Waals surface area contributed by atoms with Crippen molar-refractivity contribution in [2.75, 3.05) is 75.5 Å². The first-order chi connectivity index (χ1) is 24.4. The Morgan fingerprint density at radius 3 is 2.46 bits per heavy atom. The summed E-state index contributed by atoms with van der Waals surface area (Å²) in [5.41, 5.74) is 4.49. The van der Waals surface area contributed by atoms with Crippen LogP contribution in [0.4, 0.5) is 11.5 Å². The Morgan fingerprint density at radius 2 is 1.74 bits per heavy atom. The Labute approximate surface area is 294 Å². The number of hydrogen-bond acceptors (Lipinski definition) is 10. The number of carbonyl (C=O) groups is 1. The molecule has 2 atom stereocenters. The first-order valence-corrected chi connectivity index (χ1v) is 17.0. The van der Waals surface area contributed by atoms with Gasteiger partial charge in [-0.2, -0.15) is 0 Å². The van der Waals surface area contributed by atoms with Crippen molar-refractivity contribution < 1.29 is 39.1 Å². The van der Waals surface area contributed by atoms with Crippen LogP contribution in [0.2, 0.25) is 0 Å². The Morgan fingerprint density at radius 1 is 1.02 bits per heavy atom. The molecule has 1 aliphatic heterocycles. The average molecular weight is 705 g/mol. The molecule has 0 aliphatic carbocycles. The van der Waals surface area contributed by atoms with E-state index in [1.165, 1.54) is 0 Å². The van der Waals surface area contributed by atoms with E-state index < -0.39 is 6.23 Å². The lowest BCUT2D eigenvalue weighted by atomic mass is 9.92. The summed E-state index contributed by atoms with van der Waals surface area (Å²) in [7, 11) is 0. The fraction of sp³-hybridized carbons (Fsp3) is 0.351. The van der Waals surface area contributed by atoms with Gasteiger partial charge >= 0.3 is 0 Å². The van der Waals surface area contributed by atoms with Gasteiger partial charge in [-0.1, -0.05) is 18.2 Å². The number of carbonyl (C=O) groups excluding carboxylic acids is 1. The number of halogens is 1. The second-order valence-corrected chi connectivity index (χ2v) is 12.3. The summed E-state index contributed by atoms with van der Waals surface area (Å²) in [4.78, 5) is 22.5. The zero-order chi connectivity index (χ0) is 35.0. The Kier molecular flexibility index (Phi) is 11.7. The highest BCUT2D eigenvalue weighted by molar-refractivity contribution is 6.19. The van der Waals surface area contributed by atoms with E-state index in [9.17, 15) is 15.0 Å². The van der Waals surface area contributed by atoms with Crippen LogP contribution in [-0.4, -0.2) is 96.5 Å². The molecule has 0 spiro atoms. The SMILES string of the molecule is Cc1cccc2c(O)cc3c(c12)[C@H](CCl)CN3C(O)c1cc2cc(NC(=O)c3ccc(OCCOCCOCCOCCO)cc3)ncc2[nH]1. The first kappa shape index (κ1) is 35.4. The molecule has 3 heterocycles. The van der Waals surface area contributed by atoms with Gasteiger partial charge in [-0.15, -0.1) is 11.6 Å². The quantitative estimate of drug-likeness (QED) is 0.0641. The number of aromatic hydroxyl groups is 1. The van der Waals surface area contributed by atoms with Gasteiger partial charge in [-0.05, 0) is 59.8 Å². The fourth-order valence-electron chi connectivity index (χ4n) is 6.23. The van der Waals surface area contributed by atoms with Crippen molar-refractivity contribution in [1.82, 2.24) is 9.97 Å². The number of aliphatic hydroxyl groups is 2. The number of nitrogens with zero attached hydrogens (tertiary/aromatic N) is 2. The number of benzene rings is 3. The summed E-state index contributed by atoms with van der Waals surface area (Å²) in [5, 5.41) is 36.5. The second-order valence-electron chi connectivity index (χ2n) is 12.0. The molecular formula is C37H41ClN4O8. The fourth-order valence-corrected chi connectivity index (χ4v) is 6.48. The molecule has 5 N–H and O–H groups in total. The van der Waals surface area contributed by atoms with E-state index in [0.29, 0.717) is 87.0 Å². The van der Waals surface area contributed by atoms with E-state index in [4.69, 9.17) is 35.7 Å². The number of ether oxygens (including phenoxy) is 4. The average Bonchev–Trinajstić information content (AvgIpc) is 3.72. The molecular weight excluding hydrogens is 664 g/mol. The van der Waals surface area contributed by atoms with E-state index in [2.05, 4.69) is 15.3 Å². The smallest absolute Gasteiger partial charge is 0.256 e. The minimum Gasteiger partial charge on any atom is -0.507 e. The van der Waals surface area contributed by atoms with Crippen LogP contribution >= 0.6 is 11.6 Å². The molecule has 5 aromatic rings. The number of alkyl halides is 1. The standard InChI is InChI=1S/C37H41ClN4O8/c1-23-3-2-4-28-32(44)19-31-35(34(23)28)26(20-38)22-42(31)37(46)29-17-25-18-33(39-21-30(25)40-29)41-36(45)24-5-7-27(8-6-24)50-16-15-49-14-13-48-12-11-47-10-9-43/h2-8,17-19,21,26,37,40,43-44,46H,9-16,20,22H2,1H3,(H,39,41,45)/t26-,37?/m1/s1. The van der Waals surface area contributed by atoms with Gasteiger partial charge in [0.05, 0.1) is 63.7 Å². The largest absolute Gasteiger partial charge is 0.507 e. The highest BCUT2D eigenvalue weighted by Crippen LogP contribution is 2.48. The molecule has 1 aliphatic rings. The lowest BCUT2D eigenvalue weighted by Gasteiger charge is -2.26. The summed E-state index contributed by atoms with van der Waals surface area (Å²) >= 11 is 6.43. The number of phenolic OH excluding ortho intramolecular Hbond substituents is 1. The number of H-pyrrole nitrogens is 1. The van der Waals surface area contributed by atoms with Crippen molar-refractivity contribution in [1.29, 1.82) is 0 Å². The predicted octanol–water partition coefficient (Wildman–Crippen LogP) is 5.24. The van der Waals surface area contributed by atoms with Crippen LogP contribution in [-0.2, 0) is 14.2 Å². The van der Waals surface area contributed by atoms with Gasteiger partial charge in [0, 0.05) is 46.4 Å². The monoisotopic (exact) mass is 704 g/mol. The molecule has 2 aromatic heterocycles. The second kappa shape index (κ2) is 16.5. The number of aryl methyl sites for hydroxylation is 1. The number of phenols is 1. The molecule has 12 nitrogen and oxygen atoms in total. The Balaban J connectivity index is 1.04. The molecule has 0 saturated heterocycles. The van der Waals surface area contributed by atoms with Crippen molar-refractivity contribution in [3.05, 3.63) is 89.2 Å². The summed E-state index contributed by atoms with van der Waals surface area (Å²) in [6.45, 7) is 5.27. The van der Waals surface area contributed by atoms with Gasteiger partial charge in [0.25, 0.3) is 5.91 Å². The molecule has 0 fully saturated rings. The minimum atomic E-state index is -1.04. The number of pyridine rings is 1. The maximum Gasteiger partial charge on any atom is 0.256 e. The molecule has 13 heteroatoms. The number of anilines is 2. The van der Waals surface area contributed by atoms with Gasteiger partial charge in [-0.3, -0.25) is 4.79 Å². The van der Waals surface area contributed by atoms with Crippen LogP contribution in [0, 0.1) is 6.92 Å². The molecule has 1 amide bonds. The molecule has 0 saturated carbocycles. The topological polar surface area (TPSA) is 159 Å². The third-order valence-electron chi connectivity index (χ3n) is 8.62. The third kappa shape index (κ3) is 7.96. The summed E-state index contributed by atoms with van der Waals surface area (Å²) in [5.74, 6) is 1.14. The maximum atomic E-state index is 13.0. The molecule has 264 valence electrons. The van der Waals surface area contributed by atoms with Crippen LogP contribution in [0.25, 0.3) is 21.7 Å². The van der Waals surface area contributed by atoms with Crippen molar-refractivity contribution in [2.45, 2.75) is 19.1 Å². The van der Waals surface area contributed by atoms with E-state index in [1.807, 2.05) is 36.1 Å². The van der Waals surface area contributed by atoms with Gasteiger partial charge in [0.1, 0.15) is 23.9 Å². The summed E-state index contributed by atoms with van der Waals surface area (Å²) in [6.07, 6.45) is 0.575. The number of amides is 1. The van der Waals surface area contributed by atoms with E-state index in [1.54, 1.807) is 42.6 Å². The lowest BCUT2D eigenvalue weighted by molar-refractivity contribution is 0.00361. The molecule has 50 heavy (non-hydrogen) atoms. The zero-order valence-electron chi connectivity index (χ0n) is 27.7. The van der Waals surface area contributed by atoms with Crippen molar-refractivity contribution in [3.8, 4) is 11.5 Å². The number of aromatic amines is 1. The number of aromatic nitrogens is 2. The van der Waals surface area contributed by atoms with Crippen LogP contribution in [0.5, 0.6) is 11.5 Å². The van der Waals surface area contributed by atoms with Gasteiger partial charge in [0.15, 0.2) is 6.23 Å². The zero-order valence-corrected chi connectivity index (χ0v) is 28.5. The maximum absolute atomic E-state index is 13.0. The van der Waals surface area contributed by atoms with Crippen molar-refractivity contribution in [3.63, 3.8) is 0 Å². The van der Waals surface area contributed by atoms with Crippen LogP contribution < -0.4 is 15.0 Å². The number of fused-ring (bicyclic) bond motifs is 4. The minimum absolute atomic E-state index is 0.00384. The number of nitrogens with one attached hydrogen (secondary N) is 2. The van der Waals surface area contributed by atoms with Crippen molar-refractivity contribution >= 4 is 50.7 Å². The highest BCUT2D eigenvalue weighted by Gasteiger charge is 2.35. The first-order valence-electron chi connectivity index (χ1n) is 16.5. The molecule has 6 rings (SSSR count). The Bertz CT molecular complexity index is 1920. The van der Waals surface area contributed by atoms with E-state index in [-0.39, 0.29) is 24.2 Å². The van der Waals surface area contributed by atoms with Crippen LogP contribution in [0.15, 0.2) is 66.9 Å². The number of rotatable bonds is 17. The van der Waals surface area contributed by atoms with Crippen LogP contribution in [0.3, 0.4) is 0 Å². The van der Waals surface area contributed by atoms with E-state index >= 15 is 0 Å². The third-order valence-corrected chi connectivity index (χ3v) is 8.99. The lowest BCUT2D eigenvalue weighted by Crippen LogP contribution is -2.28. The number of hydrogen-bond donors (Lipinski definition) is 5.